The molecule has 24 heavy (non-hydrogen) atoms. The Balaban J connectivity index is 1.64. The maximum atomic E-state index is 11.7. The smallest absolute Gasteiger partial charge is 0.311 e. The summed E-state index contributed by atoms with van der Waals surface area (Å²) in [7, 11) is 0. The van der Waals surface area contributed by atoms with Gasteiger partial charge in [-0.3, -0.25) is 29.4 Å². The molecule has 8 heteroatoms. The van der Waals surface area contributed by atoms with Crippen molar-refractivity contribution in [3.8, 4) is 5.75 Å². The van der Waals surface area contributed by atoms with Gasteiger partial charge in [-0.15, -0.1) is 0 Å². The van der Waals surface area contributed by atoms with Crippen molar-refractivity contribution >= 4 is 23.5 Å². The first kappa shape index (κ1) is 17.3. The Morgan fingerprint density at radius 2 is 1.67 bits per heavy atom. The maximum Gasteiger partial charge on any atom is 0.311 e. The van der Waals surface area contributed by atoms with E-state index >= 15 is 0 Å². The van der Waals surface area contributed by atoms with Crippen LogP contribution in [0.25, 0.3) is 0 Å². The molecule has 1 heterocycles. The van der Waals surface area contributed by atoms with Crippen LogP contribution in [0.15, 0.2) is 36.4 Å². The highest BCUT2D eigenvalue weighted by molar-refractivity contribution is 6.12. The van der Waals surface area contributed by atoms with Crippen LogP contribution >= 0.6 is 0 Å². The summed E-state index contributed by atoms with van der Waals surface area (Å²) < 4.78 is 5.07. The molecular weight excluding hydrogens is 316 g/mol. The third kappa shape index (κ3) is 4.73. The first-order valence-corrected chi connectivity index (χ1v) is 7.46. The van der Waals surface area contributed by atoms with Crippen molar-refractivity contribution < 1.29 is 24.0 Å². The average Bonchev–Trinajstić information content (AvgIpc) is 2.86. The number of carbonyl (C=O) groups is 3. The van der Waals surface area contributed by atoms with Gasteiger partial charge in [-0.25, -0.2) is 0 Å². The quantitative estimate of drug-likeness (QED) is 0.180. The molecular formula is C16H16N2O6. The number of ether oxygens (including phenoxy) is 1. The van der Waals surface area contributed by atoms with Crippen LogP contribution in [0, 0.1) is 10.1 Å². The number of esters is 1. The van der Waals surface area contributed by atoms with E-state index < -0.39 is 10.9 Å². The molecule has 0 unspecified atom stereocenters. The van der Waals surface area contributed by atoms with E-state index in [0.29, 0.717) is 25.8 Å². The van der Waals surface area contributed by atoms with Crippen LogP contribution in [-0.2, 0) is 14.4 Å². The van der Waals surface area contributed by atoms with Gasteiger partial charge < -0.3 is 4.74 Å². The van der Waals surface area contributed by atoms with Gasteiger partial charge in [-0.2, -0.15) is 0 Å². The van der Waals surface area contributed by atoms with Gasteiger partial charge in [0.15, 0.2) is 0 Å². The lowest BCUT2D eigenvalue weighted by atomic mass is 10.2. The van der Waals surface area contributed by atoms with Crippen molar-refractivity contribution in [1.82, 2.24) is 4.90 Å². The third-order valence-electron chi connectivity index (χ3n) is 3.44. The number of carbonyl (C=O) groups excluding carboxylic acids is 3. The van der Waals surface area contributed by atoms with Crippen LogP contribution in [-0.4, -0.2) is 34.2 Å². The molecule has 0 radical (unpaired) electrons. The SMILES string of the molecule is O=C(CCCCCN1C(=O)C=CC1=O)Oc1ccc([N+](=O)[O-])cc1. The minimum atomic E-state index is -0.531. The molecule has 1 aliphatic heterocycles. The summed E-state index contributed by atoms with van der Waals surface area (Å²) in [5, 5.41) is 10.5. The molecule has 0 atom stereocenters. The fraction of sp³-hybridized carbons (Fsp3) is 0.312. The summed E-state index contributed by atoms with van der Waals surface area (Å²) in [6.45, 7) is 0.335. The predicted octanol–water partition coefficient (Wildman–Crippen LogP) is 1.99. The van der Waals surface area contributed by atoms with E-state index in [1.54, 1.807) is 0 Å². The fourth-order valence-electron chi connectivity index (χ4n) is 2.19. The average molecular weight is 332 g/mol. The minimum absolute atomic E-state index is 0.0738. The van der Waals surface area contributed by atoms with Gasteiger partial charge in [-0.1, -0.05) is 6.42 Å². The first-order chi connectivity index (χ1) is 11.5. The maximum absolute atomic E-state index is 11.7. The van der Waals surface area contributed by atoms with Crippen molar-refractivity contribution in [2.45, 2.75) is 25.7 Å². The van der Waals surface area contributed by atoms with Crippen LogP contribution in [0.3, 0.4) is 0 Å². The Bertz CT molecular complexity index is 662. The number of imide groups is 1. The number of unbranched alkanes of at least 4 members (excludes halogenated alkanes) is 2. The Morgan fingerprint density at radius 3 is 2.25 bits per heavy atom. The van der Waals surface area contributed by atoms with Crippen molar-refractivity contribution in [2.24, 2.45) is 0 Å². The van der Waals surface area contributed by atoms with Gasteiger partial charge in [-0.05, 0) is 25.0 Å². The molecule has 0 saturated heterocycles. The molecule has 0 saturated carbocycles. The van der Waals surface area contributed by atoms with Gasteiger partial charge in [0.25, 0.3) is 17.5 Å². The Labute approximate surface area is 137 Å². The van der Waals surface area contributed by atoms with Crippen LogP contribution < -0.4 is 4.74 Å². The summed E-state index contributed by atoms with van der Waals surface area (Å²) >= 11 is 0. The van der Waals surface area contributed by atoms with E-state index in [9.17, 15) is 24.5 Å². The van der Waals surface area contributed by atoms with Crippen LogP contribution in [0.4, 0.5) is 5.69 Å². The predicted molar refractivity (Wildman–Crippen MR) is 83.1 cm³/mol. The number of amides is 2. The largest absolute Gasteiger partial charge is 0.427 e. The highest BCUT2D eigenvalue weighted by Gasteiger charge is 2.22. The lowest BCUT2D eigenvalue weighted by Crippen LogP contribution is -2.30. The van der Waals surface area contributed by atoms with Crippen LogP contribution in [0.1, 0.15) is 25.7 Å². The highest BCUT2D eigenvalue weighted by atomic mass is 16.6. The number of non-ortho nitro benzene ring substituents is 1. The van der Waals surface area contributed by atoms with E-state index in [-0.39, 0.29) is 29.7 Å². The fourth-order valence-corrected chi connectivity index (χ4v) is 2.19. The molecule has 126 valence electrons. The van der Waals surface area contributed by atoms with E-state index in [0.717, 1.165) is 4.90 Å². The lowest BCUT2D eigenvalue weighted by molar-refractivity contribution is -0.384. The molecule has 0 N–H and O–H groups in total. The molecule has 2 rings (SSSR count). The number of nitro groups is 1. The van der Waals surface area contributed by atoms with Crippen molar-refractivity contribution in [3.63, 3.8) is 0 Å². The first-order valence-electron chi connectivity index (χ1n) is 7.46. The zero-order chi connectivity index (χ0) is 17.5. The van der Waals surface area contributed by atoms with Crippen molar-refractivity contribution in [3.05, 3.63) is 46.5 Å². The molecule has 1 aliphatic rings. The van der Waals surface area contributed by atoms with Crippen LogP contribution in [0.2, 0.25) is 0 Å². The second-order valence-corrected chi connectivity index (χ2v) is 5.20. The lowest BCUT2D eigenvalue weighted by Gasteiger charge is -2.12. The Kier molecular flexibility index (Phi) is 5.78. The van der Waals surface area contributed by atoms with Crippen molar-refractivity contribution in [1.29, 1.82) is 0 Å². The van der Waals surface area contributed by atoms with Gasteiger partial charge in [0.1, 0.15) is 5.75 Å². The second-order valence-electron chi connectivity index (χ2n) is 5.20. The van der Waals surface area contributed by atoms with E-state index in [1.807, 2.05) is 0 Å². The van der Waals surface area contributed by atoms with Gasteiger partial charge in [0, 0.05) is 37.3 Å². The zero-order valence-electron chi connectivity index (χ0n) is 12.8. The minimum Gasteiger partial charge on any atom is -0.427 e. The number of nitro benzene ring substituents is 1. The molecule has 1 aromatic carbocycles. The van der Waals surface area contributed by atoms with Crippen LogP contribution in [0.5, 0.6) is 5.75 Å². The molecule has 0 aliphatic carbocycles. The topological polar surface area (TPSA) is 107 Å². The molecule has 2 amide bonds. The van der Waals surface area contributed by atoms with E-state index in [2.05, 4.69) is 0 Å². The normalized spacial score (nSPS) is 13.4. The zero-order valence-corrected chi connectivity index (χ0v) is 12.8. The molecule has 1 aromatic rings. The number of hydrogen-bond donors (Lipinski definition) is 0. The summed E-state index contributed by atoms with van der Waals surface area (Å²) in [6, 6.07) is 5.27. The van der Waals surface area contributed by atoms with Gasteiger partial charge >= 0.3 is 5.97 Å². The summed E-state index contributed by atoms with van der Waals surface area (Å²) in [4.78, 5) is 45.5. The van der Waals surface area contributed by atoms with Crippen molar-refractivity contribution in [2.75, 3.05) is 6.54 Å². The molecule has 0 fully saturated rings. The second kappa shape index (κ2) is 8.00. The Morgan fingerprint density at radius 1 is 1.04 bits per heavy atom. The number of hydrogen-bond acceptors (Lipinski definition) is 6. The number of nitrogens with zero attached hydrogens (tertiary/aromatic N) is 2. The van der Waals surface area contributed by atoms with E-state index in [1.165, 1.54) is 36.4 Å². The number of rotatable bonds is 8. The van der Waals surface area contributed by atoms with Gasteiger partial charge in [0.05, 0.1) is 4.92 Å². The summed E-state index contributed by atoms with van der Waals surface area (Å²) in [5.74, 6) is -0.793. The summed E-state index contributed by atoms with van der Waals surface area (Å²) in [5.41, 5.74) is -0.0738. The van der Waals surface area contributed by atoms with E-state index in [4.69, 9.17) is 4.74 Å². The summed E-state index contributed by atoms with van der Waals surface area (Å²) in [6.07, 6.45) is 4.52. The molecule has 0 spiro atoms. The highest BCUT2D eigenvalue weighted by Crippen LogP contribution is 2.18. The molecule has 8 nitrogen and oxygen atoms in total. The molecule has 0 aromatic heterocycles. The Hall–Kier alpha value is -3.03. The monoisotopic (exact) mass is 332 g/mol. The third-order valence-corrected chi connectivity index (χ3v) is 3.44. The molecule has 0 bridgehead atoms. The van der Waals surface area contributed by atoms with Gasteiger partial charge in [0.2, 0.25) is 0 Å². The number of benzene rings is 1. The standard InChI is InChI=1S/C16H16N2O6/c19-14-9-10-15(20)17(14)11-3-1-2-4-16(21)24-13-7-5-12(6-8-13)18(22)23/h5-10H,1-4,11H2.